The molecule has 1 unspecified atom stereocenters. The number of nitrogens with one attached hydrogen (secondary N) is 1. The second-order valence-electron chi connectivity index (χ2n) is 3.58. The van der Waals surface area contributed by atoms with E-state index in [4.69, 9.17) is 5.11 Å². The van der Waals surface area contributed by atoms with Crippen molar-refractivity contribution in [1.29, 1.82) is 0 Å². The molecule has 1 atom stereocenters. The van der Waals surface area contributed by atoms with Crippen LogP contribution in [0.3, 0.4) is 0 Å². The van der Waals surface area contributed by atoms with Crippen LogP contribution < -0.4 is 5.32 Å². The number of rotatable bonds is 4. The van der Waals surface area contributed by atoms with Crippen molar-refractivity contribution in [1.82, 2.24) is 5.32 Å². The average Bonchev–Trinajstić information content (AvgIpc) is 2.25. The SMILES string of the molecule is CC(CNC(=O)c1c(O)cccc1F)C(=O)O. The first-order valence-electron chi connectivity index (χ1n) is 4.92. The zero-order chi connectivity index (χ0) is 13.0. The van der Waals surface area contributed by atoms with Gasteiger partial charge in [0.25, 0.3) is 5.91 Å². The molecule has 0 radical (unpaired) electrons. The number of hydrogen-bond donors (Lipinski definition) is 3. The summed E-state index contributed by atoms with van der Waals surface area (Å²) in [6.45, 7) is 1.27. The van der Waals surface area contributed by atoms with Gasteiger partial charge in [-0.1, -0.05) is 13.0 Å². The first-order chi connectivity index (χ1) is 7.93. The summed E-state index contributed by atoms with van der Waals surface area (Å²) in [4.78, 5) is 22.0. The fraction of sp³-hybridized carbons (Fsp3) is 0.273. The predicted molar refractivity (Wildman–Crippen MR) is 57.2 cm³/mol. The van der Waals surface area contributed by atoms with Gasteiger partial charge in [0.1, 0.15) is 17.1 Å². The Balaban J connectivity index is 2.74. The molecule has 0 aromatic heterocycles. The van der Waals surface area contributed by atoms with E-state index in [1.54, 1.807) is 0 Å². The Kier molecular flexibility index (Phi) is 4.03. The van der Waals surface area contributed by atoms with Crippen LogP contribution in [0, 0.1) is 11.7 Å². The van der Waals surface area contributed by atoms with Gasteiger partial charge in [-0.25, -0.2) is 4.39 Å². The number of phenolic OH excluding ortho intramolecular Hbond substituents is 1. The van der Waals surface area contributed by atoms with Crippen molar-refractivity contribution in [3.63, 3.8) is 0 Å². The van der Waals surface area contributed by atoms with Gasteiger partial charge in [0.2, 0.25) is 0 Å². The summed E-state index contributed by atoms with van der Waals surface area (Å²) in [5.41, 5.74) is -0.481. The minimum atomic E-state index is -1.07. The molecule has 0 fully saturated rings. The Morgan fingerprint density at radius 1 is 1.47 bits per heavy atom. The summed E-state index contributed by atoms with van der Waals surface area (Å²) < 4.78 is 13.2. The fourth-order valence-electron chi connectivity index (χ4n) is 1.16. The summed E-state index contributed by atoms with van der Waals surface area (Å²) in [7, 11) is 0. The first-order valence-corrected chi connectivity index (χ1v) is 4.92. The number of halogens is 1. The van der Waals surface area contributed by atoms with Crippen molar-refractivity contribution in [2.75, 3.05) is 6.54 Å². The van der Waals surface area contributed by atoms with Gasteiger partial charge in [-0.3, -0.25) is 9.59 Å². The van der Waals surface area contributed by atoms with Gasteiger partial charge in [-0.05, 0) is 12.1 Å². The Hall–Kier alpha value is -2.11. The highest BCUT2D eigenvalue weighted by molar-refractivity contribution is 5.97. The lowest BCUT2D eigenvalue weighted by Crippen LogP contribution is -2.32. The van der Waals surface area contributed by atoms with Gasteiger partial charge in [0.15, 0.2) is 0 Å². The number of carbonyl (C=O) groups excluding carboxylic acids is 1. The third kappa shape index (κ3) is 3.17. The summed E-state index contributed by atoms with van der Waals surface area (Å²) in [6, 6.07) is 3.48. The zero-order valence-corrected chi connectivity index (χ0v) is 9.11. The number of hydrogen-bond acceptors (Lipinski definition) is 3. The Bertz CT molecular complexity index is 427. The van der Waals surface area contributed by atoms with E-state index in [2.05, 4.69) is 5.32 Å². The molecule has 3 N–H and O–H groups in total. The Labute approximate surface area is 96.9 Å². The first kappa shape index (κ1) is 13.0. The van der Waals surface area contributed by atoms with E-state index in [-0.39, 0.29) is 6.54 Å². The second-order valence-corrected chi connectivity index (χ2v) is 3.58. The minimum Gasteiger partial charge on any atom is -0.507 e. The molecule has 1 aromatic rings. The second kappa shape index (κ2) is 5.29. The number of carbonyl (C=O) groups is 2. The number of amides is 1. The van der Waals surface area contributed by atoms with Gasteiger partial charge in [0.05, 0.1) is 5.92 Å². The van der Waals surface area contributed by atoms with E-state index in [0.29, 0.717) is 0 Å². The molecule has 1 aromatic carbocycles. The van der Waals surface area contributed by atoms with E-state index in [0.717, 1.165) is 6.07 Å². The monoisotopic (exact) mass is 241 g/mol. The third-order valence-electron chi connectivity index (χ3n) is 2.21. The predicted octanol–water partition coefficient (Wildman–Crippen LogP) is 0.982. The van der Waals surface area contributed by atoms with Crippen LogP contribution in [0.4, 0.5) is 4.39 Å². The summed E-state index contributed by atoms with van der Waals surface area (Å²) in [5, 5.41) is 20.2. The molecular weight excluding hydrogens is 229 g/mol. The highest BCUT2D eigenvalue weighted by atomic mass is 19.1. The quantitative estimate of drug-likeness (QED) is 0.733. The van der Waals surface area contributed by atoms with Gasteiger partial charge in [0, 0.05) is 6.54 Å². The van der Waals surface area contributed by atoms with Crippen LogP contribution >= 0.6 is 0 Å². The van der Waals surface area contributed by atoms with Gasteiger partial charge >= 0.3 is 5.97 Å². The van der Waals surface area contributed by atoms with Crippen molar-refractivity contribution in [2.24, 2.45) is 5.92 Å². The molecule has 0 aliphatic carbocycles. The van der Waals surface area contributed by atoms with Crippen LogP contribution in [-0.2, 0) is 4.79 Å². The average molecular weight is 241 g/mol. The molecule has 92 valence electrons. The normalized spacial score (nSPS) is 11.9. The van der Waals surface area contributed by atoms with Gasteiger partial charge < -0.3 is 15.5 Å². The molecule has 0 heterocycles. The van der Waals surface area contributed by atoms with Crippen LogP contribution in [-0.4, -0.2) is 28.6 Å². The highest BCUT2D eigenvalue weighted by Gasteiger charge is 2.18. The van der Waals surface area contributed by atoms with E-state index < -0.39 is 34.9 Å². The van der Waals surface area contributed by atoms with Crippen molar-refractivity contribution < 1.29 is 24.2 Å². The van der Waals surface area contributed by atoms with E-state index >= 15 is 0 Å². The van der Waals surface area contributed by atoms with Crippen LogP contribution in [0.25, 0.3) is 0 Å². The molecule has 0 bridgehead atoms. The number of benzene rings is 1. The molecule has 0 aliphatic heterocycles. The minimum absolute atomic E-state index is 0.137. The number of carboxylic acids is 1. The molecule has 1 amide bonds. The van der Waals surface area contributed by atoms with E-state index in [1.807, 2.05) is 0 Å². The van der Waals surface area contributed by atoms with Gasteiger partial charge in [-0.2, -0.15) is 0 Å². The molecule has 0 saturated carbocycles. The standard InChI is InChI=1S/C11H12FNO4/c1-6(11(16)17)5-13-10(15)9-7(12)3-2-4-8(9)14/h2-4,6,14H,5H2,1H3,(H,13,15)(H,16,17). The molecular formula is C11H12FNO4. The summed E-state index contributed by atoms with van der Waals surface area (Å²) in [5.74, 6) is -4.03. The maximum absolute atomic E-state index is 13.2. The van der Waals surface area contributed by atoms with Crippen LogP contribution in [0.15, 0.2) is 18.2 Å². The van der Waals surface area contributed by atoms with Gasteiger partial charge in [-0.15, -0.1) is 0 Å². The maximum atomic E-state index is 13.2. The lowest BCUT2D eigenvalue weighted by Gasteiger charge is -2.09. The highest BCUT2D eigenvalue weighted by Crippen LogP contribution is 2.19. The smallest absolute Gasteiger partial charge is 0.308 e. The number of phenols is 1. The van der Waals surface area contributed by atoms with Crippen molar-refractivity contribution in [3.05, 3.63) is 29.6 Å². The zero-order valence-electron chi connectivity index (χ0n) is 9.11. The molecule has 1 rings (SSSR count). The van der Waals surface area contributed by atoms with E-state index in [9.17, 15) is 19.1 Å². The van der Waals surface area contributed by atoms with Crippen molar-refractivity contribution in [3.8, 4) is 5.75 Å². The number of aromatic hydroxyl groups is 1. The van der Waals surface area contributed by atoms with Crippen molar-refractivity contribution in [2.45, 2.75) is 6.92 Å². The molecule has 6 heteroatoms. The Morgan fingerprint density at radius 3 is 2.65 bits per heavy atom. The molecule has 0 aliphatic rings. The lowest BCUT2D eigenvalue weighted by atomic mass is 10.1. The summed E-state index contributed by atoms with van der Waals surface area (Å²) >= 11 is 0. The largest absolute Gasteiger partial charge is 0.507 e. The van der Waals surface area contributed by atoms with Crippen LogP contribution in [0.5, 0.6) is 5.75 Å². The lowest BCUT2D eigenvalue weighted by molar-refractivity contribution is -0.140. The van der Waals surface area contributed by atoms with Crippen LogP contribution in [0.1, 0.15) is 17.3 Å². The Morgan fingerprint density at radius 2 is 2.12 bits per heavy atom. The molecule has 0 spiro atoms. The van der Waals surface area contributed by atoms with Crippen molar-refractivity contribution >= 4 is 11.9 Å². The summed E-state index contributed by atoms with van der Waals surface area (Å²) in [6.07, 6.45) is 0. The molecule has 17 heavy (non-hydrogen) atoms. The number of carboxylic acid groups (broad SMARTS) is 1. The topological polar surface area (TPSA) is 86.6 Å². The maximum Gasteiger partial charge on any atom is 0.308 e. The van der Waals surface area contributed by atoms with Crippen LogP contribution in [0.2, 0.25) is 0 Å². The van der Waals surface area contributed by atoms with E-state index in [1.165, 1.54) is 19.1 Å². The third-order valence-corrected chi connectivity index (χ3v) is 2.21. The fourth-order valence-corrected chi connectivity index (χ4v) is 1.16. The molecule has 5 nitrogen and oxygen atoms in total. The molecule has 0 saturated heterocycles. The number of aliphatic carboxylic acids is 1.